The number of esters is 1. The molecule has 0 fully saturated rings. The molecule has 0 N–H and O–H groups in total. The highest BCUT2D eigenvalue weighted by Gasteiger charge is 2.25. The molecule has 0 aliphatic rings. The van der Waals surface area contributed by atoms with Crippen LogP contribution in [0.25, 0.3) is 0 Å². The summed E-state index contributed by atoms with van der Waals surface area (Å²) in [5.74, 6) is 0.542. The molecule has 2 rings (SSSR count). The SMILES string of the molecule is C[N+](C)(C)CCOC(=O)C(Oc1ccccc1)Oc1ccccc1. The van der Waals surface area contributed by atoms with Crippen LogP contribution >= 0.6 is 0 Å². The number of rotatable bonds is 8. The largest absolute Gasteiger partial charge is 0.454 e. The van der Waals surface area contributed by atoms with E-state index in [0.29, 0.717) is 29.1 Å². The smallest absolute Gasteiger partial charge is 0.389 e. The number of para-hydroxylation sites is 2. The number of hydrogen-bond donors (Lipinski definition) is 0. The molecule has 0 spiro atoms. The van der Waals surface area contributed by atoms with E-state index in [1.54, 1.807) is 24.3 Å². The molecule has 5 nitrogen and oxygen atoms in total. The summed E-state index contributed by atoms with van der Waals surface area (Å²) < 4.78 is 17.3. The minimum atomic E-state index is -1.15. The normalized spacial score (nSPS) is 11.2. The lowest BCUT2D eigenvalue weighted by Crippen LogP contribution is -2.40. The van der Waals surface area contributed by atoms with Crippen molar-refractivity contribution in [1.29, 1.82) is 0 Å². The first kappa shape index (κ1) is 17.8. The summed E-state index contributed by atoms with van der Waals surface area (Å²) in [5.41, 5.74) is 0. The van der Waals surface area contributed by atoms with E-state index in [2.05, 4.69) is 0 Å². The monoisotopic (exact) mass is 330 g/mol. The number of carbonyl (C=O) groups is 1. The molecule has 2 aromatic rings. The number of benzene rings is 2. The third-order valence-corrected chi connectivity index (χ3v) is 3.17. The first-order valence-corrected chi connectivity index (χ1v) is 7.84. The van der Waals surface area contributed by atoms with E-state index in [1.165, 1.54) is 0 Å². The molecule has 0 aliphatic carbocycles. The maximum absolute atomic E-state index is 12.4. The van der Waals surface area contributed by atoms with Gasteiger partial charge in [0.25, 0.3) is 0 Å². The van der Waals surface area contributed by atoms with Crippen LogP contribution in [0.15, 0.2) is 60.7 Å². The van der Waals surface area contributed by atoms with Crippen molar-refractivity contribution >= 4 is 5.97 Å². The van der Waals surface area contributed by atoms with E-state index >= 15 is 0 Å². The summed E-state index contributed by atoms with van der Waals surface area (Å²) in [6.07, 6.45) is -1.15. The highest BCUT2D eigenvalue weighted by atomic mass is 16.7. The molecule has 24 heavy (non-hydrogen) atoms. The van der Waals surface area contributed by atoms with Crippen molar-refractivity contribution in [2.24, 2.45) is 0 Å². The molecule has 128 valence electrons. The topological polar surface area (TPSA) is 44.8 Å². The van der Waals surface area contributed by atoms with Crippen LogP contribution in [-0.2, 0) is 9.53 Å². The molecule has 0 aliphatic heterocycles. The minimum absolute atomic E-state index is 0.301. The van der Waals surface area contributed by atoms with Gasteiger partial charge in [-0.25, -0.2) is 4.79 Å². The molecule has 5 heteroatoms. The van der Waals surface area contributed by atoms with Gasteiger partial charge in [0.15, 0.2) is 0 Å². The third-order valence-electron chi connectivity index (χ3n) is 3.17. The fourth-order valence-electron chi connectivity index (χ4n) is 1.85. The summed E-state index contributed by atoms with van der Waals surface area (Å²) in [7, 11) is 6.10. The number of hydrogen-bond acceptors (Lipinski definition) is 4. The van der Waals surface area contributed by atoms with Crippen LogP contribution < -0.4 is 9.47 Å². The lowest BCUT2D eigenvalue weighted by Gasteiger charge is -2.24. The van der Waals surface area contributed by atoms with Crippen molar-refractivity contribution in [1.82, 2.24) is 0 Å². The van der Waals surface area contributed by atoms with Crippen molar-refractivity contribution in [2.45, 2.75) is 6.29 Å². The van der Waals surface area contributed by atoms with Crippen LogP contribution in [0.1, 0.15) is 0 Å². The van der Waals surface area contributed by atoms with Gasteiger partial charge >= 0.3 is 12.3 Å². The fraction of sp³-hybridized carbons (Fsp3) is 0.316. The summed E-state index contributed by atoms with van der Waals surface area (Å²) in [5, 5.41) is 0. The van der Waals surface area contributed by atoms with Gasteiger partial charge in [0.1, 0.15) is 24.7 Å². The summed E-state index contributed by atoms with van der Waals surface area (Å²) >= 11 is 0. The van der Waals surface area contributed by atoms with Gasteiger partial charge in [-0.3, -0.25) is 0 Å². The summed E-state index contributed by atoms with van der Waals surface area (Å²) in [6, 6.07) is 18.1. The number of ether oxygens (including phenoxy) is 3. The highest BCUT2D eigenvalue weighted by molar-refractivity contribution is 5.74. The molecule has 0 amide bonds. The second kappa shape index (κ2) is 8.36. The van der Waals surface area contributed by atoms with Crippen LogP contribution in [0, 0.1) is 0 Å². The Morgan fingerprint density at radius 2 is 1.33 bits per heavy atom. The molecule has 0 atom stereocenters. The highest BCUT2D eigenvalue weighted by Crippen LogP contribution is 2.16. The van der Waals surface area contributed by atoms with Crippen molar-refractivity contribution in [3.63, 3.8) is 0 Å². The maximum atomic E-state index is 12.4. The Balaban J connectivity index is 2.02. The minimum Gasteiger partial charge on any atom is -0.454 e. The standard InChI is InChI=1S/C19H24NO4/c1-20(2,3)14-15-22-18(21)19(23-16-10-6-4-7-11-16)24-17-12-8-5-9-13-17/h4-13,19H,14-15H2,1-3H3/q+1. The number of quaternary nitrogens is 1. The summed E-state index contributed by atoms with van der Waals surface area (Å²) in [4.78, 5) is 12.4. The van der Waals surface area contributed by atoms with Crippen molar-refractivity contribution in [3.8, 4) is 11.5 Å². The average molecular weight is 330 g/mol. The van der Waals surface area contributed by atoms with Crippen molar-refractivity contribution < 1.29 is 23.5 Å². The Morgan fingerprint density at radius 1 is 0.875 bits per heavy atom. The lowest BCUT2D eigenvalue weighted by molar-refractivity contribution is -0.870. The first-order valence-electron chi connectivity index (χ1n) is 7.84. The Morgan fingerprint density at radius 3 is 1.75 bits per heavy atom. The molecule has 0 saturated carbocycles. The Hall–Kier alpha value is -2.53. The van der Waals surface area contributed by atoms with Gasteiger partial charge < -0.3 is 18.7 Å². The molecule has 0 radical (unpaired) electrons. The van der Waals surface area contributed by atoms with E-state index in [-0.39, 0.29) is 0 Å². The second-order valence-electron chi connectivity index (χ2n) is 6.38. The van der Waals surface area contributed by atoms with E-state index in [1.807, 2.05) is 57.5 Å². The van der Waals surface area contributed by atoms with Gasteiger partial charge in [-0.1, -0.05) is 36.4 Å². The second-order valence-corrected chi connectivity index (χ2v) is 6.38. The maximum Gasteiger partial charge on any atom is 0.389 e. The predicted octanol–water partition coefficient (Wildman–Crippen LogP) is 2.72. The summed E-state index contributed by atoms with van der Waals surface area (Å²) in [6.45, 7) is 1.00. The molecule has 2 aromatic carbocycles. The van der Waals surface area contributed by atoms with Gasteiger partial charge in [-0.15, -0.1) is 0 Å². The van der Waals surface area contributed by atoms with Gasteiger partial charge in [0.2, 0.25) is 0 Å². The zero-order valence-electron chi connectivity index (χ0n) is 14.3. The molecular formula is C19H24NO4+. The van der Waals surface area contributed by atoms with Crippen LogP contribution in [0.2, 0.25) is 0 Å². The Bertz CT molecular complexity index is 581. The molecule has 0 saturated heterocycles. The number of nitrogens with zero attached hydrogens (tertiary/aromatic N) is 1. The molecular weight excluding hydrogens is 306 g/mol. The van der Waals surface area contributed by atoms with E-state index in [9.17, 15) is 4.79 Å². The molecule has 0 bridgehead atoms. The van der Waals surface area contributed by atoms with Gasteiger partial charge in [-0.05, 0) is 24.3 Å². The van der Waals surface area contributed by atoms with Crippen LogP contribution in [0.3, 0.4) is 0 Å². The van der Waals surface area contributed by atoms with Gasteiger partial charge in [-0.2, -0.15) is 0 Å². The predicted molar refractivity (Wildman–Crippen MR) is 91.8 cm³/mol. The van der Waals surface area contributed by atoms with Crippen LogP contribution in [0.4, 0.5) is 0 Å². The quantitative estimate of drug-likeness (QED) is 0.424. The van der Waals surface area contributed by atoms with Crippen LogP contribution in [-0.4, -0.2) is 51.0 Å². The zero-order valence-corrected chi connectivity index (χ0v) is 14.3. The van der Waals surface area contributed by atoms with E-state index in [4.69, 9.17) is 14.2 Å². The Labute approximate surface area is 143 Å². The number of likely N-dealkylation sites (N-methyl/N-ethyl adjacent to an activating group) is 1. The van der Waals surface area contributed by atoms with Crippen LogP contribution in [0.5, 0.6) is 11.5 Å². The fourth-order valence-corrected chi connectivity index (χ4v) is 1.85. The van der Waals surface area contributed by atoms with Crippen molar-refractivity contribution in [3.05, 3.63) is 60.7 Å². The molecule has 0 unspecified atom stereocenters. The Kier molecular flexibility index (Phi) is 6.21. The third kappa shape index (κ3) is 6.30. The number of carbonyl (C=O) groups excluding carboxylic acids is 1. The average Bonchev–Trinajstić information content (AvgIpc) is 2.55. The lowest BCUT2D eigenvalue weighted by atomic mass is 10.3. The molecule has 0 heterocycles. The zero-order chi connectivity index (χ0) is 17.4. The van der Waals surface area contributed by atoms with Gasteiger partial charge in [0, 0.05) is 0 Å². The van der Waals surface area contributed by atoms with E-state index < -0.39 is 12.3 Å². The van der Waals surface area contributed by atoms with E-state index in [0.717, 1.165) is 0 Å². The van der Waals surface area contributed by atoms with Gasteiger partial charge in [0.05, 0.1) is 21.1 Å². The van der Waals surface area contributed by atoms with Crippen molar-refractivity contribution in [2.75, 3.05) is 34.3 Å². The first-order chi connectivity index (χ1) is 11.4. The molecule has 0 aromatic heterocycles.